The van der Waals surface area contributed by atoms with Crippen molar-refractivity contribution in [1.29, 1.82) is 0 Å². The molecule has 2 fully saturated rings. The van der Waals surface area contributed by atoms with Gasteiger partial charge in [0.2, 0.25) is 16.0 Å². The summed E-state index contributed by atoms with van der Waals surface area (Å²) < 4.78 is 61.0. The molecule has 2 aromatic heterocycles. The molecule has 1 aliphatic carbocycles. The second-order valence-corrected chi connectivity index (χ2v) is 10.5. The van der Waals surface area contributed by atoms with Crippen LogP contribution in [0.1, 0.15) is 58.4 Å². The summed E-state index contributed by atoms with van der Waals surface area (Å²) in [7, 11) is -3.23. The average Bonchev–Trinajstić information content (AvgIpc) is 3.12. The highest BCUT2D eigenvalue weighted by molar-refractivity contribution is 7.88. The molecule has 31 heavy (non-hydrogen) atoms. The van der Waals surface area contributed by atoms with E-state index in [1.807, 2.05) is 6.92 Å². The van der Waals surface area contributed by atoms with E-state index in [0.717, 1.165) is 18.9 Å². The second-order valence-electron chi connectivity index (χ2n) is 8.52. The van der Waals surface area contributed by atoms with E-state index >= 15 is 0 Å². The van der Waals surface area contributed by atoms with E-state index in [0.29, 0.717) is 32.4 Å². The second kappa shape index (κ2) is 8.42. The zero-order valence-corrected chi connectivity index (χ0v) is 18.3. The Labute approximate surface area is 181 Å². The molecule has 1 aliphatic heterocycles. The Morgan fingerprint density at radius 2 is 1.97 bits per heavy atom. The van der Waals surface area contributed by atoms with E-state index in [4.69, 9.17) is 1.37 Å². The fraction of sp³-hybridized carbons (Fsp3) is 0.650. The monoisotopic (exact) mass is 456 g/mol. The van der Waals surface area contributed by atoms with Crippen LogP contribution in [0.4, 0.5) is 14.7 Å². The highest BCUT2D eigenvalue weighted by Crippen LogP contribution is 2.36. The summed E-state index contributed by atoms with van der Waals surface area (Å²) in [6.07, 6.45) is 2.16. The zero-order valence-electron chi connectivity index (χ0n) is 18.5. The predicted octanol–water partition coefficient (Wildman–Crippen LogP) is 2.93. The van der Waals surface area contributed by atoms with Crippen LogP contribution >= 0.6 is 0 Å². The van der Waals surface area contributed by atoms with Gasteiger partial charge in [-0.25, -0.2) is 26.5 Å². The molecule has 1 N–H and O–H groups in total. The van der Waals surface area contributed by atoms with E-state index < -0.39 is 27.5 Å². The van der Waals surface area contributed by atoms with Gasteiger partial charge in [-0.05, 0) is 37.7 Å². The molecule has 0 bridgehead atoms. The van der Waals surface area contributed by atoms with Crippen LogP contribution in [-0.4, -0.2) is 52.6 Å². The third kappa shape index (κ3) is 4.43. The van der Waals surface area contributed by atoms with E-state index in [-0.39, 0.29) is 35.0 Å². The average molecular weight is 457 g/mol. The minimum Gasteiger partial charge on any atom is -0.351 e. The SMILES string of the molecule is [2H]C(F)(F)c1cc2cnc(NC3CCN(S(C)(=O)=O)CC3)nc2n([C@@H]2CCC[C@@H]2C)c1=O. The van der Waals surface area contributed by atoms with Crippen LogP contribution in [0.25, 0.3) is 11.0 Å². The first kappa shape index (κ1) is 20.7. The molecule has 0 aromatic carbocycles. The molecule has 0 radical (unpaired) electrons. The van der Waals surface area contributed by atoms with Crippen molar-refractivity contribution in [3.05, 3.63) is 28.2 Å². The normalized spacial score (nSPS) is 24.5. The van der Waals surface area contributed by atoms with Gasteiger partial charge in [-0.3, -0.25) is 9.36 Å². The first-order valence-electron chi connectivity index (χ1n) is 11.0. The number of sulfonamides is 1. The molecule has 0 unspecified atom stereocenters. The van der Waals surface area contributed by atoms with Gasteiger partial charge in [0.1, 0.15) is 7.02 Å². The number of rotatable bonds is 5. The number of fused-ring (bicyclic) bond motifs is 1. The minimum absolute atomic E-state index is 0.0483. The smallest absolute Gasteiger partial charge is 0.269 e. The largest absolute Gasteiger partial charge is 0.351 e. The van der Waals surface area contributed by atoms with Crippen molar-refractivity contribution in [2.45, 2.75) is 57.5 Å². The van der Waals surface area contributed by atoms with Gasteiger partial charge in [-0.2, -0.15) is 4.98 Å². The lowest BCUT2D eigenvalue weighted by Crippen LogP contribution is -2.42. The Bertz CT molecular complexity index is 1180. The van der Waals surface area contributed by atoms with Gasteiger partial charge in [-0.15, -0.1) is 0 Å². The molecule has 1 saturated heterocycles. The highest BCUT2D eigenvalue weighted by Gasteiger charge is 2.30. The van der Waals surface area contributed by atoms with Gasteiger partial charge in [0.05, 0.1) is 11.8 Å². The standard InChI is InChI=1S/C20H27F2N5O3S/c1-12-4-3-5-16(12)27-18-13(10-15(17(21)22)19(27)28)11-23-20(25-18)24-14-6-8-26(9-7-14)31(2,29)30/h10-12,14,16-17H,3-9H2,1-2H3,(H,23,24,25)/t12-,16+/m0/s1/i17D. The lowest BCUT2D eigenvalue weighted by molar-refractivity contribution is 0.148. The number of anilines is 1. The summed E-state index contributed by atoms with van der Waals surface area (Å²) in [5, 5.41) is 3.47. The molecule has 11 heteroatoms. The summed E-state index contributed by atoms with van der Waals surface area (Å²) in [5.41, 5.74) is -1.49. The van der Waals surface area contributed by atoms with E-state index in [9.17, 15) is 22.0 Å². The molecule has 3 heterocycles. The van der Waals surface area contributed by atoms with E-state index in [2.05, 4.69) is 15.3 Å². The zero-order chi connectivity index (χ0) is 23.3. The minimum atomic E-state index is -4.01. The number of nitrogens with zero attached hydrogens (tertiary/aromatic N) is 4. The van der Waals surface area contributed by atoms with Crippen LogP contribution < -0.4 is 10.9 Å². The topological polar surface area (TPSA) is 97.2 Å². The van der Waals surface area contributed by atoms with Gasteiger partial charge in [0, 0.05) is 36.8 Å². The Kier molecular flexibility index (Phi) is 5.63. The number of hydrogen-bond acceptors (Lipinski definition) is 6. The molecule has 1 saturated carbocycles. The molecule has 2 aliphatic rings. The Morgan fingerprint density at radius 1 is 1.26 bits per heavy atom. The van der Waals surface area contributed by atoms with Gasteiger partial charge >= 0.3 is 0 Å². The van der Waals surface area contributed by atoms with Crippen LogP contribution in [0, 0.1) is 5.92 Å². The molecule has 2 aromatic rings. The van der Waals surface area contributed by atoms with Gasteiger partial charge in [0.25, 0.3) is 12.0 Å². The maximum absolute atomic E-state index is 13.9. The summed E-state index contributed by atoms with van der Waals surface area (Å²) in [5.74, 6) is 0.386. The van der Waals surface area contributed by atoms with Crippen molar-refractivity contribution in [3.8, 4) is 0 Å². The fourth-order valence-electron chi connectivity index (χ4n) is 4.66. The number of halogens is 2. The van der Waals surface area contributed by atoms with Crippen molar-refractivity contribution in [1.82, 2.24) is 18.8 Å². The predicted molar refractivity (Wildman–Crippen MR) is 114 cm³/mol. The molecular formula is C20H27F2N5O3S. The number of pyridine rings is 1. The number of nitrogens with one attached hydrogen (secondary N) is 1. The molecule has 170 valence electrons. The summed E-state index contributed by atoms with van der Waals surface area (Å²) in [4.78, 5) is 21.7. The molecule has 2 atom stereocenters. The fourth-order valence-corrected chi connectivity index (χ4v) is 5.53. The maximum atomic E-state index is 13.9. The van der Waals surface area contributed by atoms with Gasteiger partial charge in [-0.1, -0.05) is 13.3 Å². The Hall–Kier alpha value is -2.14. The van der Waals surface area contributed by atoms with E-state index in [1.165, 1.54) is 21.3 Å². The lowest BCUT2D eigenvalue weighted by atomic mass is 10.1. The number of aromatic nitrogens is 3. The number of piperidine rings is 1. The summed E-state index contributed by atoms with van der Waals surface area (Å²) >= 11 is 0. The summed E-state index contributed by atoms with van der Waals surface area (Å²) in [6, 6.07) is 0.690. The molecule has 0 spiro atoms. The van der Waals surface area contributed by atoms with Crippen molar-refractivity contribution < 1.29 is 18.6 Å². The van der Waals surface area contributed by atoms with Crippen molar-refractivity contribution >= 4 is 27.0 Å². The maximum Gasteiger partial charge on any atom is 0.269 e. The molecule has 8 nitrogen and oxygen atoms in total. The van der Waals surface area contributed by atoms with Crippen LogP contribution in [0.15, 0.2) is 17.1 Å². The Morgan fingerprint density at radius 3 is 2.55 bits per heavy atom. The third-order valence-corrected chi connectivity index (χ3v) is 7.68. The van der Waals surface area contributed by atoms with Crippen molar-refractivity contribution in [2.24, 2.45) is 5.92 Å². The first-order valence-corrected chi connectivity index (χ1v) is 12.3. The van der Waals surface area contributed by atoms with Gasteiger partial charge in [0.15, 0.2) is 0 Å². The van der Waals surface area contributed by atoms with Crippen molar-refractivity contribution in [2.75, 3.05) is 24.7 Å². The number of alkyl halides is 2. The Balaban J connectivity index is 1.70. The van der Waals surface area contributed by atoms with Crippen LogP contribution in [0.3, 0.4) is 0 Å². The quantitative estimate of drug-likeness (QED) is 0.743. The van der Waals surface area contributed by atoms with Crippen molar-refractivity contribution in [3.63, 3.8) is 0 Å². The van der Waals surface area contributed by atoms with Crippen LogP contribution in [-0.2, 0) is 10.0 Å². The summed E-state index contributed by atoms with van der Waals surface area (Å²) in [6.45, 7) is 2.75. The van der Waals surface area contributed by atoms with Crippen LogP contribution in [0.2, 0.25) is 0 Å². The van der Waals surface area contributed by atoms with Gasteiger partial charge < -0.3 is 5.32 Å². The number of hydrogen-bond donors (Lipinski definition) is 1. The highest BCUT2D eigenvalue weighted by atomic mass is 32.2. The van der Waals surface area contributed by atoms with Crippen LogP contribution in [0.5, 0.6) is 0 Å². The molecule has 0 amide bonds. The van der Waals surface area contributed by atoms with E-state index in [1.54, 1.807) is 0 Å². The lowest BCUT2D eigenvalue weighted by Gasteiger charge is -2.30. The molecule has 4 rings (SSSR count). The third-order valence-electron chi connectivity index (χ3n) is 6.38. The first-order chi connectivity index (χ1) is 14.9. The molecular weight excluding hydrogens is 428 g/mol.